The van der Waals surface area contributed by atoms with Gasteiger partial charge in [0, 0.05) is 10.0 Å². The Morgan fingerprint density at radius 1 is 0.536 bits per heavy atom. The van der Waals surface area contributed by atoms with Crippen molar-refractivity contribution in [2.45, 2.75) is 0 Å². The minimum absolute atomic E-state index is 0.00678. The third kappa shape index (κ3) is 9.85. The van der Waals surface area contributed by atoms with Crippen molar-refractivity contribution in [1.29, 1.82) is 0 Å². The first kappa shape index (κ1) is 22.5. The first-order valence-electron chi connectivity index (χ1n) is 7.54. The van der Waals surface area contributed by atoms with Crippen molar-refractivity contribution in [1.82, 2.24) is 0 Å². The van der Waals surface area contributed by atoms with Crippen LogP contribution in [0.2, 0.25) is 10.0 Å². The zero-order valence-corrected chi connectivity index (χ0v) is 16.1. The Morgan fingerprint density at radius 2 is 0.821 bits per heavy atom. The zero-order chi connectivity index (χ0) is 21.1. The SMILES string of the molecule is NC(N)=NC(N)=Nc1ccc(Cl)cc1.NC(N)=NC(N)=Nc1ccc(Cl)cc1. The summed E-state index contributed by atoms with van der Waals surface area (Å²) in [6, 6.07) is 13.6. The molecule has 0 atom stereocenters. The lowest BCUT2D eigenvalue weighted by Crippen LogP contribution is -2.26. The topological polar surface area (TPSA) is 206 Å². The Labute approximate surface area is 171 Å². The number of nitrogens with two attached hydrogens (primary N) is 6. The molecule has 0 aromatic heterocycles. The van der Waals surface area contributed by atoms with E-state index in [1.54, 1.807) is 48.5 Å². The molecule has 2 rings (SSSR count). The fourth-order valence-corrected chi connectivity index (χ4v) is 1.86. The molecule has 0 spiro atoms. The second kappa shape index (κ2) is 11.3. The second-order valence-electron chi connectivity index (χ2n) is 4.97. The third-order valence-electron chi connectivity index (χ3n) is 2.63. The Hall–Kier alpha value is -3.50. The number of benzene rings is 2. The smallest absolute Gasteiger partial charge is 0.223 e. The molecule has 0 aliphatic carbocycles. The van der Waals surface area contributed by atoms with Crippen LogP contribution in [0.5, 0.6) is 0 Å². The molecule has 0 aliphatic rings. The van der Waals surface area contributed by atoms with Crippen LogP contribution in [-0.4, -0.2) is 23.8 Å². The molecule has 2 aromatic rings. The molecule has 0 unspecified atom stereocenters. The number of halogens is 2. The van der Waals surface area contributed by atoms with Gasteiger partial charge in [-0.3, -0.25) is 0 Å². The minimum atomic E-state index is -0.125. The van der Waals surface area contributed by atoms with Gasteiger partial charge < -0.3 is 34.4 Å². The first-order valence-corrected chi connectivity index (χ1v) is 8.30. The summed E-state index contributed by atoms with van der Waals surface area (Å²) in [5, 5.41) is 1.26. The minimum Gasteiger partial charge on any atom is -0.370 e. The van der Waals surface area contributed by atoms with Crippen molar-refractivity contribution < 1.29 is 0 Å². The van der Waals surface area contributed by atoms with Gasteiger partial charge in [-0.25, -0.2) is 9.98 Å². The quantitative estimate of drug-likeness (QED) is 0.308. The molecule has 0 fully saturated rings. The molecule has 148 valence electrons. The molecule has 10 nitrogen and oxygen atoms in total. The summed E-state index contributed by atoms with van der Waals surface area (Å²) in [6.07, 6.45) is 0. The molecule has 28 heavy (non-hydrogen) atoms. The molecule has 0 radical (unpaired) electrons. The summed E-state index contributed by atoms with van der Waals surface area (Å²) in [6.45, 7) is 0. The van der Waals surface area contributed by atoms with E-state index in [2.05, 4.69) is 20.0 Å². The van der Waals surface area contributed by atoms with Crippen LogP contribution in [0.1, 0.15) is 0 Å². The zero-order valence-electron chi connectivity index (χ0n) is 14.6. The molecule has 12 heteroatoms. The average molecular weight is 423 g/mol. The van der Waals surface area contributed by atoms with E-state index in [-0.39, 0.29) is 23.8 Å². The van der Waals surface area contributed by atoms with E-state index in [1.165, 1.54) is 0 Å². The fraction of sp³-hybridized carbons (Fsp3) is 0. The number of rotatable bonds is 2. The molecular weight excluding hydrogens is 403 g/mol. The van der Waals surface area contributed by atoms with Gasteiger partial charge in [-0.15, -0.1) is 0 Å². The molecule has 0 amide bonds. The normalized spacial score (nSPS) is 11.1. The maximum absolute atomic E-state index is 5.69. The Kier molecular flexibility index (Phi) is 9.07. The monoisotopic (exact) mass is 422 g/mol. The summed E-state index contributed by atoms with van der Waals surface area (Å²) in [4.78, 5) is 15.0. The highest BCUT2D eigenvalue weighted by atomic mass is 35.5. The van der Waals surface area contributed by atoms with E-state index in [1.807, 2.05) is 0 Å². The van der Waals surface area contributed by atoms with Crippen LogP contribution in [0.15, 0.2) is 68.5 Å². The summed E-state index contributed by atoms with van der Waals surface area (Å²) < 4.78 is 0. The van der Waals surface area contributed by atoms with Crippen LogP contribution in [-0.2, 0) is 0 Å². The summed E-state index contributed by atoms with van der Waals surface area (Å²) >= 11 is 11.4. The molecule has 0 aliphatic heterocycles. The third-order valence-corrected chi connectivity index (χ3v) is 3.13. The lowest BCUT2D eigenvalue weighted by molar-refractivity contribution is 1.38. The maximum Gasteiger partial charge on any atom is 0.223 e. The summed E-state index contributed by atoms with van der Waals surface area (Å²) in [5.41, 5.74) is 32.6. The average Bonchev–Trinajstić information content (AvgIpc) is 2.58. The van der Waals surface area contributed by atoms with Gasteiger partial charge in [-0.1, -0.05) is 23.2 Å². The Morgan fingerprint density at radius 3 is 1.07 bits per heavy atom. The predicted octanol–water partition coefficient (Wildman–Crippen LogP) is 1.12. The van der Waals surface area contributed by atoms with Crippen molar-refractivity contribution in [2.75, 3.05) is 0 Å². The van der Waals surface area contributed by atoms with Crippen molar-refractivity contribution in [2.24, 2.45) is 54.4 Å². The first-order chi connectivity index (χ1) is 13.2. The predicted molar refractivity (Wildman–Crippen MR) is 117 cm³/mol. The van der Waals surface area contributed by atoms with E-state index < -0.39 is 0 Å². The number of hydrogen-bond acceptors (Lipinski definition) is 2. The molecular formula is C16H20Cl2N10. The largest absolute Gasteiger partial charge is 0.370 e. The van der Waals surface area contributed by atoms with Gasteiger partial charge in [0.05, 0.1) is 11.4 Å². The molecule has 2 aromatic carbocycles. The highest BCUT2D eigenvalue weighted by Crippen LogP contribution is 2.16. The van der Waals surface area contributed by atoms with Crippen molar-refractivity contribution >= 4 is 58.4 Å². The Balaban J connectivity index is 0.000000280. The van der Waals surface area contributed by atoms with Crippen LogP contribution in [0.25, 0.3) is 0 Å². The highest BCUT2D eigenvalue weighted by Gasteiger charge is 1.93. The number of nitrogens with zero attached hydrogens (tertiary/aromatic N) is 4. The fourth-order valence-electron chi connectivity index (χ4n) is 1.61. The van der Waals surface area contributed by atoms with Crippen LogP contribution in [0, 0.1) is 0 Å². The van der Waals surface area contributed by atoms with Gasteiger partial charge in [-0.2, -0.15) is 9.98 Å². The highest BCUT2D eigenvalue weighted by molar-refractivity contribution is 6.30. The van der Waals surface area contributed by atoms with Gasteiger partial charge in [0.2, 0.25) is 11.9 Å². The van der Waals surface area contributed by atoms with E-state index >= 15 is 0 Å². The molecule has 0 bridgehead atoms. The lowest BCUT2D eigenvalue weighted by atomic mass is 10.3. The maximum atomic E-state index is 5.69. The van der Waals surface area contributed by atoms with Crippen molar-refractivity contribution in [3.8, 4) is 0 Å². The van der Waals surface area contributed by atoms with E-state index in [0.29, 0.717) is 21.4 Å². The van der Waals surface area contributed by atoms with Crippen molar-refractivity contribution in [3.05, 3.63) is 58.6 Å². The summed E-state index contributed by atoms with van der Waals surface area (Å²) in [7, 11) is 0. The molecule has 0 saturated carbocycles. The molecule has 0 saturated heterocycles. The van der Waals surface area contributed by atoms with Crippen LogP contribution < -0.4 is 34.4 Å². The van der Waals surface area contributed by atoms with Gasteiger partial charge in [0.15, 0.2) is 11.9 Å². The van der Waals surface area contributed by atoms with Gasteiger partial charge in [0.25, 0.3) is 0 Å². The van der Waals surface area contributed by atoms with E-state index in [4.69, 9.17) is 57.6 Å². The molecule has 0 heterocycles. The molecule has 12 N–H and O–H groups in total. The van der Waals surface area contributed by atoms with Gasteiger partial charge in [0.1, 0.15) is 0 Å². The van der Waals surface area contributed by atoms with E-state index in [0.717, 1.165) is 0 Å². The van der Waals surface area contributed by atoms with Crippen LogP contribution >= 0.6 is 23.2 Å². The van der Waals surface area contributed by atoms with Gasteiger partial charge >= 0.3 is 0 Å². The number of hydrogen-bond donors (Lipinski definition) is 6. The standard InChI is InChI=1S/2C8H10ClN5/c2*9-5-1-3-6(4-2-5)13-8(12)14-7(10)11/h2*1-4H,(H6,10,11,12,13,14). The van der Waals surface area contributed by atoms with Crippen LogP contribution in [0.4, 0.5) is 11.4 Å². The Bertz CT molecular complexity index is 803. The van der Waals surface area contributed by atoms with E-state index in [9.17, 15) is 0 Å². The van der Waals surface area contributed by atoms with Gasteiger partial charge in [-0.05, 0) is 48.5 Å². The lowest BCUT2D eigenvalue weighted by Gasteiger charge is -1.95. The second-order valence-corrected chi connectivity index (χ2v) is 5.84. The van der Waals surface area contributed by atoms with Crippen molar-refractivity contribution in [3.63, 3.8) is 0 Å². The number of aliphatic imine (C=N–C) groups is 4. The van der Waals surface area contributed by atoms with Crippen LogP contribution in [0.3, 0.4) is 0 Å². The summed E-state index contributed by atoms with van der Waals surface area (Å²) in [5.74, 6) is -0.236. The number of guanidine groups is 4.